The molecule has 1 aromatic heterocycles. The summed E-state index contributed by atoms with van der Waals surface area (Å²) in [7, 11) is 0. The lowest BCUT2D eigenvalue weighted by atomic mass is 10.1. The number of hydrogen-bond acceptors (Lipinski definition) is 5. The van der Waals surface area contributed by atoms with Crippen LogP contribution in [0.25, 0.3) is 0 Å². The smallest absolute Gasteiger partial charge is 0.335 e. The fraction of sp³-hybridized carbons (Fsp3) is 0.400. The second-order valence-corrected chi connectivity index (χ2v) is 4.00. The van der Waals surface area contributed by atoms with Crippen molar-refractivity contribution in [3.8, 4) is 0 Å². The number of halogens is 1. The molecule has 1 aliphatic heterocycles. The van der Waals surface area contributed by atoms with Crippen molar-refractivity contribution in [2.45, 2.75) is 19.1 Å². The third-order valence-electron chi connectivity index (χ3n) is 2.15. The number of carbonyl (C=O) groups excluding carboxylic acids is 1. The molecule has 0 spiro atoms. The van der Waals surface area contributed by atoms with Gasteiger partial charge in [0.05, 0.1) is 17.3 Å². The van der Waals surface area contributed by atoms with Crippen LogP contribution in [-0.2, 0) is 14.3 Å². The van der Waals surface area contributed by atoms with Gasteiger partial charge in [-0.15, -0.1) is 0 Å². The first-order valence-corrected chi connectivity index (χ1v) is 5.60. The van der Waals surface area contributed by atoms with Gasteiger partial charge in [0.2, 0.25) is 0 Å². The summed E-state index contributed by atoms with van der Waals surface area (Å²) in [4.78, 5) is 15.5. The van der Waals surface area contributed by atoms with Gasteiger partial charge >= 0.3 is 5.97 Å². The molecule has 1 aliphatic rings. The van der Waals surface area contributed by atoms with Crippen molar-refractivity contribution < 1.29 is 18.7 Å². The first-order chi connectivity index (χ1) is 7.74. The molecule has 2 unspecified atom stereocenters. The standard InChI is InChI=1S/C10H10BrNO4/c1-2-14-10(13)7-9(16-5-12-7)8-6(11)3-4-15-8/h3-5,7,9H,2H2,1H3. The van der Waals surface area contributed by atoms with Crippen LogP contribution in [0.3, 0.4) is 0 Å². The molecule has 16 heavy (non-hydrogen) atoms. The third-order valence-corrected chi connectivity index (χ3v) is 2.80. The number of rotatable bonds is 3. The average Bonchev–Trinajstić information content (AvgIpc) is 2.85. The van der Waals surface area contributed by atoms with Gasteiger partial charge in [0.15, 0.2) is 24.3 Å². The van der Waals surface area contributed by atoms with E-state index in [9.17, 15) is 4.79 Å². The Hall–Kier alpha value is -1.30. The SMILES string of the molecule is CCOC(=O)C1N=COC1c1occc1Br. The van der Waals surface area contributed by atoms with Gasteiger partial charge in [0.25, 0.3) is 0 Å². The molecule has 0 saturated heterocycles. The average molecular weight is 288 g/mol. The van der Waals surface area contributed by atoms with E-state index in [1.165, 1.54) is 12.7 Å². The van der Waals surface area contributed by atoms with E-state index < -0.39 is 18.1 Å². The van der Waals surface area contributed by atoms with E-state index in [-0.39, 0.29) is 0 Å². The minimum Gasteiger partial charge on any atom is -0.469 e. The normalized spacial score (nSPS) is 23.1. The molecule has 1 aromatic rings. The summed E-state index contributed by atoms with van der Waals surface area (Å²) in [5, 5.41) is 0. The van der Waals surface area contributed by atoms with Gasteiger partial charge in [0.1, 0.15) is 0 Å². The maximum atomic E-state index is 11.6. The lowest BCUT2D eigenvalue weighted by molar-refractivity contribution is -0.146. The Morgan fingerprint density at radius 2 is 2.50 bits per heavy atom. The van der Waals surface area contributed by atoms with E-state index in [4.69, 9.17) is 13.9 Å². The molecule has 6 heteroatoms. The van der Waals surface area contributed by atoms with Gasteiger partial charge in [-0.2, -0.15) is 0 Å². The summed E-state index contributed by atoms with van der Waals surface area (Å²) in [6.07, 6.45) is 2.22. The Balaban J connectivity index is 2.17. The second kappa shape index (κ2) is 4.69. The van der Waals surface area contributed by atoms with Gasteiger partial charge in [-0.3, -0.25) is 0 Å². The molecule has 2 rings (SSSR count). The molecule has 0 amide bonds. The van der Waals surface area contributed by atoms with Crippen LogP contribution in [-0.4, -0.2) is 25.0 Å². The second-order valence-electron chi connectivity index (χ2n) is 3.14. The van der Waals surface area contributed by atoms with Crippen LogP contribution in [0.2, 0.25) is 0 Å². The molecule has 0 radical (unpaired) electrons. The molecule has 0 saturated carbocycles. The fourth-order valence-corrected chi connectivity index (χ4v) is 1.87. The Kier molecular flexibility index (Phi) is 3.28. The van der Waals surface area contributed by atoms with Gasteiger partial charge in [-0.25, -0.2) is 9.79 Å². The van der Waals surface area contributed by atoms with Crippen LogP contribution >= 0.6 is 15.9 Å². The summed E-state index contributed by atoms with van der Waals surface area (Å²) < 4.78 is 16.1. The van der Waals surface area contributed by atoms with Crippen LogP contribution in [0.1, 0.15) is 18.8 Å². The number of aliphatic imine (C=N–C) groups is 1. The van der Waals surface area contributed by atoms with Crippen molar-refractivity contribution in [3.05, 3.63) is 22.6 Å². The molecular weight excluding hydrogens is 278 g/mol. The monoisotopic (exact) mass is 287 g/mol. The van der Waals surface area contributed by atoms with E-state index in [2.05, 4.69) is 20.9 Å². The summed E-state index contributed by atoms with van der Waals surface area (Å²) in [5.74, 6) is 0.125. The maximum Gasteiger partial charge on any atom is 0.335 e. The predicted molar refractivity (Wildman–Crippen MR) is 59.1 cm³/mol. The Bertz CT molecular complexity index is 415. The zero-order valence-corrected chi connectivity index (χ0v) is 10.1. The fourth-order valence-electron chi connectivity index (χ4n) is 1.44. The molecular formula is C10H10BrNO4. The van der Waals surface area contributed by atoms with E-state index in [1.54, 1.807) is 13.0 Å². The number of carbonyl (C=O) groups is 1. The Morgan fingerprint density at radius 3 is 3.12 bits per heavy atom. The highest BCUT2D eigenvalue weighted by Crippen LogP contribution is 2.33. The van der Waals surface area contributed by atoms with Crippen molar-refractivity contribution in [1.82, 2.24) is 0 Å². The van der Waals surface area contributed by atoms with Crippen LogP contribution in [0, 0.1) is 0 Å². The third kappa shape index (κ3) is 1.97. The Labute approximate surface area is 101 Å². The highest BCUT2D eigenvalue weighted by atomic mass is 79.9. The summed E-state index contributed by atoms with van der Waals surface area (Å²) in [6, 6.07) is 1.04. The quantitative estimate of drug-likeness (QED) is 0.799. The van der Waals surface area contributed by atoms with Crippen LogP contribution in [0.15, 0.2) is 26.2 Å². The zero-order chi connectivity index (χ0) is 11.5. The van der Waals surface area contributed by atoms with Gasteiger partial charge in [0, 0.05) is 0 Å². The van der Waals surface area contributed by atoms with Crippen molar-refractivity contribution >= 4 is 28.3 Å². The lowest BCUT2D eigenvalue weighted by Gasteiger charge is -2.14. The number of nitrogens with zero attached hydrogens (tertiary/aromatic N) is 1. The van der Waals surface area contributed by atoms with Crippen LogP contribution < -0.4 is 0 Å². The molecule has 86 valence electrons. The largest absolute Gasteiger partial charge is 0.469 e. The minimum absolute atomic E-state index is 0.316. The molecule has 0 fully saturated rings. The number of furan rings is 1. The zero-order valence-electron chi connectivity index (χ0n) is 8.55. The van der Waals surface area contributed by atoms with Crippen LogP contribution in [0.5, 0.6) is 0 Å². The first-order valence-electron chi connectivity index (χ1n) is 4.80. The lowest BCUT2D eigenvalue weighted by Crippen LogP contribution is -2.26. The maximum absolute atomic E-state index is 11.6. The summed E-state index contributed by atoms with van der Waals surface area (Å²) in [5.41, 5.74) is 0. The van der Waals surface area contributed by atoms with Crippen molar-refractivity contribution in [2.24, 2.45) is 4.99 Å². The minimum atomic E-state index is -0.692. The van der Waals surface area contributed by atoms with E-state index >= 15 is 0 Å². The molecule has 2 heterocycles. The highest BCUT2D eigenvalue weighted by molar-refractivity contribution is 9.10. The first kappa shape index (κ1) is 11.2. The van der Waals surface area contributed by atoms with Gasteiger partial charge in [-0.1, -0.05) is 0 Å². The number of esters is 1. The molecule has 2 atom stereocenters. The van der Waals surface area contributed by atoms with E-state index in [0.717, 1.165) is 4.47 Å². The van der Waals surface area contributed by atoms with Gasteiger partial charge < -0.3 is 13.9 Å². The molecule has 0 aromatic carbocycles. The van der Waals surface area contributed by atoms with E-state index in [1.807, 2.05) is 0 Å². The highest BCUT2D eigenvalue weighted by Gasteiger charge is 2.38. The van der Waals surface area contributed by atoms with E-state index in [0.29, 0.717) is 12.4 Å². The molecule has 0 bridgehead atoms. The van der Waals surface area contributed by atoms with Gasteiger partial charge in [-0.05, 0) is 28.9 Å². The van der Waals surface area contributed by atoms with Crippen LogP contribution in [0.4, 0.5) is 0 Å². The van der Waals surface area contributed by atoms with Crippen molar-refractivity contribution in [1.29, 1.82) is 0 Å². The number of hydrogen-bond donors (Lipinski definition) is 0. The molecule has 0 aliphatic carbocycles. The predicted octanol–water partition coefficient (Wildman–Crippen LogP) is 2.07. The van der Waals surface area contributed by atoms with Crippen molar-refractivity contribution in [2.75, 3.05) is 6.61 Å². The molecule has 5 nitrogen and oxygen atoms in total. The summed E-state index contributed by atoms with van der Waals surface area (Å²) in [6.45, 7) is 2.06. The Morgan fingerprint density at radius 1 is 1.69 bits per heavy atom. The van der Waals surface area contributed by atoms with Crippen molar-refractivity contribution in [3.63, 3.8) is 0 Å². The number of ether oxygens (including phenoxy) is 2. The molecule has 0 N–H and O–H groups in total. The topological polar surface area (TPSA) is 61.0 Å². The summed E-state index contributed by atoms with van der Waals surface area (Å²) >= 11 is 3.31.